The highest BCUT2D eigenvalue weighted by molar-refractivity contribution is 5.88. The highest BCUT2D eigenvalue weighted by Crippen LogP contribution is 2.24. The zero-order valence-electron chi connectivity index (χ0n) is 11.3. The SMILES string of the molecule is CCC1CN(c2ccc(C(=O)O)cc2F)CCN1C. The lowest BCUT2D eigenvalue weighted by Gasteiger charge is -2.40. The lowest BCUT2D eigenvalue weighted by molar-refractivity contribution is 0.0696. The average Bonchev–Trinajstić information content (AvgIpc) is 2.39. The number of piperazine rings is 1. The number of halogens is 1. The summed E-state index contributed by atoms with van der Waals surface area (Å²) >= 11 is 0. The van der Waals surface area contributed by atoms with Crippen LogP contribution < -0.4 is 4.90 Å². The highest BCUT2D eigenvalue weighted by atomic mass is 19.1. The lowest BCUT2D eigenvalue weighted by Crippen LogP contribution is -2.51. The summed E-state index contributed by atoms with van der Waals surface area (Å²) in [4.78, 5) is 15.1. The van der Waals surface area contributed by atoms with E-state index in [2.05, 4.69) is 18.9 Å². The number of anilines is 1. The quantitative estimate of drug-likeness (QED) is 0.909. The molecule has 1 aliphatic rings. The van der Waals surface area contributed by atoms with Gasteiger partial charge in [0.2, 0.25) is 0 Å². The first-order valence-corrected chi connectivity index (χ1v) is 6.51. The van der Waals surface area contributed by atoms with Gasteiger partial charge >= 0.3 is 5.97 Å². The fraction of sp³-hybridized carbons (Fsp3) is 0.500. The number of carbonyl (C=O) groups is 1. The van der Waals surface area contributed by atoms with Crippen LogP contribution in [0.2, 0.25) is 0 Å². The Bertz CT molecular complexity index is 479. The number of likely N-dealkylation sites (N-methyl/N-ethyl adjacent to an activating group) is 1. The molecular weight excluding hydrogens is 247 g/mol. The van der Waals surface area contributed by atoms with Crippen LogP contribution in [-0.4, -0.2) is 48.7 Å². The fourth-order valence-electron chi connectivity index (χ4n) is 2.50. The molecule has 0 saturated carbocycles. The van der Waals surface area contributed by atoms with Crippen LogP contribution in [0.1, 0.15) is 23.7 Å². The van der Waals surface area contributed by atoms with Gasteiger partial charge in [-0.1, -0.05) is 6.92 Å². The summed E-state index contributed by atoms with van der Waals surface area (Å²) in [7, 11) is 2.08. The van der Waals surface area contributed by atoms with E-state index in [1.165, 1.54) is 6.07 Å². The van der Waals surface area contributed by atoms with Crippen molar-refractivity contribution in [1.82, 2.24) is 4.90 Å². The molecule has 0 aromatic heterocycles. The third kappa shape index (κ3) is 2.87. The number of carboxylic acids is 1. The van der Waals surface area contributed by atoms with Gasteiger partial charge in [-0.3, -0.25) is 4.90 Å². The van der Waals surface area contributed by atoms with Crippen molar-refractivity contribution in [2.24, 2.45) is 0 Å². The molecule has 1 atom stereocenters. The minimum Gasteiger partial charge on any atom is -0.478 e. The van der Waals surface area contributed by atoms with E-state index in [0.29, 0.717) is 11.7 Å². The molecule has 1 heterocycles. The number of hydrogen-bond acceptors (Lipinski definition) is 3. The molecule has 1 aromatic rings. The average molecular weight is 266 g/mol. The van der Waals surface area contributed by atoms with Crippen molar-refractivity contribution in [1.29, 1.82) is 0 Å². The molecule has 1 saturated heterocycles. The molecule has 0 bridgehead atoms. The maximum absolute atomic E-state index is 14.0. The van der Waals surface area contributed by atoms with Crippen LogP contribution in [0.4, 0.5) is 10.1 Å². The van der Waals surface area contributed by atoms with Crippen molar-refractivity contribution in [2.75, 3.05) is 31.6 Å². The third-order valence-corrected chi connectivity index (χ3v) is 3.78. The summed E-state index contributed by atoms with van der Waals surface area (Å²) in [5, 5.41) is 8.84. The molecule has 1 unspecified atom stereocenters. The van der Waals surface area contributed by atoms with E-state index in [-0.39, 0.29) is 5.56 Å². The molecule has 4 nitrogen and oxygen atoms in total. The predicted octanol–water partition coefficient (Wildman–Crippen LogP) is 2.05. The second-order valence-electron chi connectivity index (χ2n) is 4.96. The number of rotatable bonds is 3. The minimum atomic E-state index is -1.10. The number of hydrogen-bond donors (Lipinski definition) is 1. The molecule has 104 valence electrons. The second-order valence-corrected chi connectivity index (χ2v) is 4.96. The third-order valence-electron chi connectivity index (χ3n) is 3.78. The summed E-state index contributed by atoms with van der Waals surface area (Å²) in [5.74, 6) is -1.56. The molecule has 5 heteroatoms. The van der Waals surface area contributed by atoms with Gasteiger partial charge in [0.05, 0.1) is 11.3 Å². The van der Waals surface area contributed by atoms with Crippen molar-refractivity contribution in [3.63, 3.8) is 0 Å². The van der Waals surface area contributed by atoms with E-state index in [4.69, 9.17) is 5.11 Å². The van der Waals surface area contributed by atoms with Crippen LogP contribution in [0.3, 0.4) is 0 Å². The largest absolute Gasteiger partial charge is 0.478 e. The van der Waals surface area contributed by atoms with E-state index in [1.54, 1.807) is 6.07 Å². The Balaban J connectivity index is 2.20. The highest BCUT2D eigenvalue weighted by Gasteiger charge is 2.24. The maximum Gasteiger partial charge on any atom is 0.335 e. The molecule has 1 aliphatic heterocycles. The Morgan fingerprint density at radius 1 is 1.47 bits per heavy atom. The number of aromatic carboxylic acids is 1. The molecule has 0 radical (unpaired) electrons. The number of nitrogens with zero attached hydrogens (tertiary/aromatic N) is 2. The van der Waals surface area contributed by atoms with E-state index in [9.17, 15) is 9.18 Å². The summed E-state index contributed by atoms with van der Waals surface area (Å²) in [6.07, 6.45) is 1.02. The zero-order chi connectivity index (χ0) is 14.0. The van der Waals surface area contributed by atoms with E-state index >= 15 is 0 Å². The maximum atomic E-state index is 14.0. The van der Waals surface area contributed by atoms with Gasteiger partial charge in [-0.15, -0.1) is 0 Å². The molecule has 1 N–H and O–H groups in total. The Morgan fingerprint density at radius 3 is 2.79 bits per heavy atom. The van der Waals surface area contributed by atoms with Crippen LogP contribution >= 0.6 is 0 Å². The first-order valence-electron chi connectivity index (χ1n) is 6.51. The fourth-order valence-corrected chi connectivity index (χ4v) is 2.50. The summed E-state index contributed by atoms with van der Waals surface area (Å²) < 4.78 is 14.0. The smallest absolute Gasteiger partial charge is 0.335 e. The van der Waals surface area contributed by atoms with Crippen molar-refractivity contribution < 1.29 is 14.3 Å². The van der Waals surface area contributed by atoms with Crippen LogP contribution in [0.25, 0.3) is 0 Å². The Labute approximate surface area is 112 Å². The molecule has 0 spiro atoms. The zero-order valence-corrected chi connectivity index (χ0v) is 11.3. The molecular formula is C14H19FN2O2. The molecule has 1 fully saturated rings. The van der Waals surface area contributed by atoms with Crippen LogP contribution in [-0.2, 0) is 0 Å². The van der Waals surface area contributed by atoms with Crippen molar-refractivity contribution in [2.45, 2.75) is 19.4 Å². The van der Waals surface area contributed by atoms with Gasteiger partial charge in [-0.05, 0) is 31.7 Å². The standard InChI is InChI=1S/C14H19FN2O2/c1-3-11-9-17(7-6-16(11)2)13-5-4-10(14(18)19)8-12(13)15/h4-5,8,11H,3,6-7,9H2,1-2H3,(H,18,19). The molecule has 1 aromatic carbocycles. The summed E-state index contributed by atoms with van der Waals surface area (Å²) in [5.41, 5.74) is 0.485. The first kappa shape index (κ1) is 13.8. The van der Waals surface area contributed by atoms with Gasteiger partial charge in [0.1, 0.15) is 5.82 Å². The second kappa shape index (κ2) is 5.57. The van der Waals surface area contributed by atoms with Gasteiger partial charge in [0.15, 0.2) is 0 Å². The Kier molecular flexibility index (Phi) is 4.04. The Morgan fingerprint density at radius 2 is 2.21 bits per heavy atom. The molecule has 0 amide bonds. The predicted molar refractivity (Wildman–Crippen MR) is 72.3 cm³/mol. The van der Waals surface area contributed by atoms with Gasteiger partial charge in [-0.2, -0.15) is 0 Å². The normalized spacial score (nSPS) is 20.6. The Hall–Kier alpha value is -1.62. The van der Waals surface area contributed by atoms with E-state index in [0.717, 1.165) is 32.1 Å². The number of benzene rings is 1. The van der Waals surface area contributed by atoms with Gasteiger partial charge < -0.3 is 10.0 Å². The summed E-state index contributed by atoms with van der Waals surface area (Å²) in [6.45, 7) is 4.54. The molecule has 2 rings (SSSR count). The van der Waals surface area contributed by atoms with Gasteiger partial charge in [0, 0.05) is 25.7 Å². The number of carboxylic acid groups (broad SMARTS) is 1. The van der Waals surface area contributed by atoms with Gasteiger partial charge in [-0.25, -0.2) is 9.18 Å². The van der Waals surface area contributed by atoms with Crippen LogP contribution in [0.15, 0.2) is 18.2 Å². The first-order chi connectivity index (χ1) is 9.02. The molecule has 19 heavy (non-hydrogen) atoms. The van der Waals surface area contributed by atoms with Crippen LogP contribution in [0, 0.1) is 5.82 Å². The van der Waals surface area contributed by atoms with Gasteiger partial charge in [0.25, 0.3) is 0 Å². The van der Waals surface area contributed by atoms with E-state index in [1.807, 2.05) is 4.90 Å². The van der Waals surface area contributed by atoms with E-state index < -0.39 is 11.8 Å². The van der Waals surface area contributed by atoms with Crippen molar-refractivity contribution in [3.8, 4) is 0 Å². The topological polar surface area (TPSA) is 43.8 Å². The summed E-state index contributed by atoms with van der Waals surface area (Å²) in [6, 6.07) is 4.53. The lowest BCUT2D eigenvalue weighted by atomic mass is 10.1. The van der Waals surface area contributed by atoms with Crippen molar-refractivity contribution in [3.05, 3.63) is 29.6 Å². The minimum absolute atomic E-state index is 0.0116. The monoisotopic (exact) mass is 266 g/mol. The van der Waals surface area contributed by atoms with Crippen molar-refractivity contribution >= 4 is 11.7 Å². The molecule has 0 aliphatic carbocycles. The van der Waals surface area contributed by atoms with Crippen LogP contribution in [0.5, 0.6) is 0 Å².